The van der Waals surface area contributed by atoms with E-state index in [4.69, 9.17) is 21.6 Å². The van der Waals surface area contributed by atoms with Gasteiger partial charge < -0.3 is 15.2 Å². The van der Waals surface area contributed by atoms with E-state index in [9.17, 15) is 4.79 Å². The molecule has 0 atom stereocenters. The predicted octanol–water partition coefficient (Wildman–Crippen LogP) is 2.64. The molecule has 0 radical (unpaired) electrons. The van der Waals surface area contributed by atoms with Crippen molar-refractivity contribution in [2.45, 2.75) is 6.61 Å². The van der Waals surface area contributed by atoms with Crippen molar-refractivity contribution in [2.75, 3.05) is 12.3 Å². The van der Waals surface area contributed by atoms with Crippen molar-refractivity contribution in [1.82, 2.24) is 0 Å². The zero-order valence-electron chi connectivity index (χ0n) is 11.4. The Morgan fingerprint density at radius 3 is 2.62 bits per heavy atom. The Morgan fingerprint density at radius 2 is 1.95 bits per heavy atom. The molecular formula is C17H15NO3. The largest absolute Gasteiger partial charge is 0.487 e. The fraction of sp³-hybridized carbons (Fsp3) is 0.118. The van der Waals surface area contributed by atoms with Gasteiger partial charge in [0.15, 0.2) is 6.61 Å². The fourth-order valence-electron chi connectivity index (χ4n) is 1.73. The summed E-state index contributed by atoms with van der Waals surface area (Å²) < 4.78 is 10.5. The molecule has 0 aromatic heterocycles. The van der Waals surface area contributed by atoms with E-state index in [1.54, 1.807) is 12.1 Å². The van der Waals surface area contributed by atoms with E-state index in [1.807, 2.05) is 30.3 Å². The molecule has 0 bridgehead atoms. The molecule has 2 aromatic carbocycles. The van der Waals surface area contributed by atoms with E-state index in [0.29, 0.717) is 23.6 Å². The van der Waals surface area contributed by atoms with Crippen LogP contribution in [0.4, 0.5) is 5.69 Å². The van der Waals surface area contributed by atoms with Crippen LogP contribution in [0.5, 0.6) is 5.75 Å². The van der Waals surface area contributed by atoms with Crippen LogP contribution in [-0.4, -0.2) is 12.6 Å². The highest BCUT2D eigenvalue weighted by Crippen LogP contribution is 2.24. The normalized spacial score (nSPS) is 9.67. The van der Waals surface area contributed by atoms with Gasteiger partial charge in [0.05, 0.1) is 11.3 Å². The average molecular weight is 281 g/mol. The fourth-order valence-corrected chi connectivity index (χ4v) is 1.73. The molecule has 2 rings (SSSR count). The van der Waals surface area contributed by atoms with Gasteiger partial charge in [-0.2, -0.15) is 0 Å². The van der Waals surface area contributed by atoms with Gasteiger partial charge >= 0.3 is 5.97 Å². The highest BCUT2D eigenvalue weighted by atomic mass is 16.5. The van der Waals surface area contributed by atoms with Crippen molar-refractivity contribution in [3.8, 4) is 18.1 Å². The maximum absolute atomic E-state index is 11.6. The summed E-state index contributed by atoms with van der Waals surface area (Å²) in [4.78, 5) is 11.6. The first-order valence-electron chi connectivity index (χ1n) is 6.37. The minimum Gasteiger partial charge on any atom is -0.487 e. The lowest BCUT2D eigenvalue weighted by atomic mass is 10.2. The maximum atomic E-state index is 11.6. The Hall–Kier alpha value is -2.93. The number of carbonyl (C=O) groups is 1. The zero-order valence-corrected chi connectivity index (χ0v) is 11.4. The highest BCUT2D eigenvalue weighted by molar-refractivity contribution is 5.91. The molecule has 0 saturated carbocycles. The van der Waals surface area contributed by atoms with E-state index in [-0.39, 0.29) is 6.61 Å². The van der Waals surface area contributed by atoms with Gasteiger partial charge in [0.1, 0.15) is 12.4 Å². The van der Waals surface area contributed by atoms with Gasteiger partial charge in [-0.05, 0) is 23.8 Å². The molecule has 0 aliphatic heterocycles. The van der Waals surface area contributed by atoms with Crippen LogP contribution in [0.15, 0.2) is 48.5 Å². The summed E-state index contributed by atoms with van der Waals surface area (Å²) in [7, 11) is 0. The van der Waals surface area contributed by atoms with Gasteiger partial charge in [0.2, 0.25) is 0 Å². The van der Waals surface area contributed by atoms with E-state index in [0.717, 1.165) is 5.56 Å². The topological polar surface area (TPSA) is 61.5 Å². The van der Waals surface area contributed by atoms with Gasteiger partial charge in [0, 0.05) is 0 Å². The number of carbonyl (C=O) groups excluding carboxylic acids is 1. The molecule has 2 N–H and O–H groups in total. The third kappa shape index (κ3) is 4.02. The van der Waals surface area contributed by atoms with Gasteiger partial charge in [-0.1, -0.05) is 36.3 Å². The smallest absolute Gasteiger partial charge is 0.339 e. The van der Waals surface area contributed by atoms with Gasteiger partial charge in [-0.25, -0.2) is 4.79 Å². The number of benzene rings is 2. The lowest BCUT2D eigenvalue weighted by Crippen LogP contribution is -2.06. The van der Waals surface area contributed by atoms with Crippen LogP contribution in [0.25, 0.3) is 0 Å². The molecule has 2 aromatic rings. The van der Waals surface area contributed by atoms with Crippen LogP contribution in [0.2, 0.25) is 0 Å². The van der Waals surface area contributed by atoms with Crippen molar-refractivity contribution in [1.29, 1.82) is 0 Å². The number of hydrogen-bond acceptors (Lipinski definition) is 4. The Bertz CT molecular complexity index is 659. The molecule has 106 valence electrons. The standard InChI is InChI=1S/C17H15NO3/c1-2-10-20-17(19)14-8-9-16(15(18)11-14)21-12-13-6-4-3-5-7-13/h1,3-9,11H,10,12,18H2. The maximum Gasteiger partial charge on any atom is 0.339 e. The number of terminal acetylenes is 1. The molecule has 0 unspecified atom stereocenters. The number of ether oxygens (including phenoxy) is 2. The summed E-state index contributed by atoms with van der Waals surface area (Å²) >= 11 is 0. The lowest BCUT2D eigenvalue weighted by Gasteiger charge is -2.10. The Kier molecular flexibility index (Phi) is 4.84. The summed E-state index contributed by atoms with van der Waals surface area (Å²) in [6.07, 6.45) is 5.03. The molecule has 0 amide bonds. The predicted molar refractivity (Wildman–Crippen MR) is 80.7 cm³/mol. The molecule has 0 heterocycles. The van der Waals surface area contributed by atoms with Crippen molar-refractivity contribution in [3.05, 3.63) is 59.7 Å². The highest BCUT2D eigenvalue weighted by Gasteiger charge is 2.10. The van der Waals surface area contributed by atoms with Crippen molar-refractivity contribution < 1.29 is 14.3 Å². The average Bonchev–Trinajstić information content (AvgIpc) is 2.52. The molecule has 0 aliphatic carbocycles. The second-order valence-corrected chi connectivity index (χ2v) is 4.31. The molecule has 21 heavy (non-hydrogen) atoms. The molecule has 0 saturated heterocycles. The van der Waals surface area contributed by atoms with Gasteiger partial charge in [0.25, 0.3) is 0 Å². The van der Waals surface area contributed by atoms with Gasteiger partial charge in [-0.15, -0.1) is 6.42 Å². The van der Waals surface area contributed by atoms with E-state index >= 15 is 0 Å². The summed E-state index contributed by atoms with van der Waals surface area (Å²) in [5, 5.41) is 0. The SMILES string of the molecule is C#CCOC(=O)c1ccc(OCc2ccccc2)c(N)c1. The summed E-state index contributed by atoms with van der Waals surface area (Å²) in [6.45, 7) is 0.344. The van der Waals surface area contributed by atoms with E-state index in [2.05, 4.69) is 5.92 Å². The van der Waals surface area contributed by atoms with Crippen LogP contribution in [-0.2, 0) is 11.3 Å². The second-order valence-electron chi connectivity index (χ2n) is 4.31. The van der Waals surface area contributed by atoms with Crippen LogP contribution in [0.3, 0.4) is 0 Å². The number of nitrogens with two attached hydrogens (primary N) is 1. The minimum absolute atomic E-state index is 0.0645. The molecule has 0 aliphatic rings. The summed E-state index contributed by atoms with van der Waals surface area (Å²) in [6, 6.07) is 14.5. The first-order chi connectivity index (χ1) is 10.2. The number of anilines is 1. The Balaban J connectivity index is 2.02. The number of rotatable bonds is 5. The first-order valence-corrected chi connectivity index (χ1v) is 6.37. The number of esters is 1. The van der Waals surface area contributed by atoms with Crippen molar-refractivity contribution in [2.24, 2.45) is 0 Å². The van der Waals surface area contributed by atoms with Crippen LogP contribution < -0.4 is 10.5 Å². The molecule has 4 heteroatoms. The van der Waals surface area contributed by atoms with Crippen LogP contribution >= 0.6 is 0 Å². The first kappa shape index (κ1) is 14.5. The Labute approximate surface area is 123 Å². The van der Waals surface area contributed by atoms with Crippen molar-refractivity contribution in [3.63, 3.8) is 0 Å². The van der Waals surface area contributed by atoms with Gasteiger partial charge in [-0.3, -0.25) is 0 Å². The molecule has 4 nitrogen and oxygen atoms in total. The second kappa shape index (κ2) is 7.01. The van der Waals surface area contributed by atoms with Crippen molar-refractivity contribution >= 4 is 11.7 Å². The van der Waals surface area contributed by atoms with E-state index < -0.39 is 5.97 Å². The molecule has 0 fully saturated rings. The molecule has 0 spiro atoms. The minimum atomic E-state index is -0.505. The monoisotopic (exact) mass is 281 g/mol. The van der Waals surface area contributed by atoms with E-state index in [1.165, 1.54) is 6.07 Å². The van der Waals surface area contributed by atoms with Crippen LogP contribution in [0, 0.1) is 12.3 Å². The zero-order chi connectivity index (χ0) is 15.1. The quantitative estimate of drug-likeness (QED) is 0.520. The number of hydrogen-bond donors (Lipinski definition) is 1. The summed E-state index contributed by atoms with van der Waals surface area (Å²) in [5.41, 5.74) is 7.63. The third-order valence-electron chi connectivity index (χ3n) is 2.77. The Morgan fingerprint density at radius 1 is 1.19 bits per heavy atom. The third-order valence-corrected chi connectivity index (χ3v) is 2.77. The number of nitrogen functional groups attached to an aromatic ring is 1. The summed E-state index contributed by atoms with van der Waals surface area (Å²) in [5.74, 6) is 2.25. The molecular weight excluding hydrogens is 266 g/mol. The lowest BCUT2D eigenvalue weighted by molar-refractivity contribution is 0.0557. The van der Waals surface area contributed by atoms with Crippen LogP contribution in [0.1, 0.15) is 15.9 Å².